The Morgan fingerprint density at radius 3 is 2.79 bits per heavy atom. The van der Waals surface area contributed by atoms with E-state index in [-0.39, 0.29) is 17.7 Å². The molecule has 1 aromatic rings. The molecule has 2 rings (SSSR count). The third-order valence-electron chi connectivity index (χ3n) is 2.48. The van der Waals surface area contributed by atoms with Crippen molar-refractivity contribution in [3.8, 4) is 0 Å². The maximum atomic E-state index is 13.1. The van der Waals surface area contributed by atoms with Gasteiger partial charge in [0.15, 0.2) is 0 Å². The number of hydrogen-bond acceptors (Lipinski definition) is 1. The van der Waals surface area contributed by atoms with Gasteiger partial charge in [-0.05, 0) is 46.0 Å². The van der Waals surface area contributed by atoms with E-state index in [0.717, 1.165) is 5.56 Å². The minimum atomic E-state index is -0.793. The quantitative estimate of drug-likeness (QED) is 0.886. The zero-order valence-corrected chi connectivity index (χ0v) is 8.79. The van der Waals surface area contributed by atoms with Crippen LogP contribution < -0.4 is 0 Å². The first kappa shape index (κ1) is 9.65. The largest absolute Gasteiger partial charge is 0.481 e. The van der Waals surface area contributed by atoms with Crippen molar-refractivity contribution in [3.05, 3.63) is 34.1 Å². The molecule has 14 heavy (non-hydrogen) atoms. The minimum Gasteiger partial charge on any atom is -0.481 e. The van der Waals surface area contributed by atoms with Gasteiger partial charge in [0.1, 0.15) is 5.82 Å². The van der Waals surface area contributed by atoms with E-state index in [4.69, 9.17) is 5.11 Å². The number of hydrogen-bond donors (Lipinski definition) is 1. The predicted molar refractivity (Wildman–Crippen MR) is 52.6 cm³/mol. The summed E-state index contributed by atoms with van der Waals surface area (Å²) in [4.78, 5) is 10.6. The Morgan fingerprint density at radius 2 is 2.29 bits per heavy atom. The van der Waals surface area contributed by atoms with Crippen molar-refractivity contribution in [3.63, 3.8) is 0 Å². The van der Waals surface area contributed by atoms with Gasteiger partial charge in [0.25, 0.3) is 0 Å². The van der Waals surface area contributed by atoms with Crippen LogP contribution in [-0.2, 0) is 4.79 Å². The minimum absolute atomic E-state index is 0.00454. The van der Waals surface area contributed by atoms with E-state index in [1.807, 2.05) is 0 Å². The van der Waals surface area contributed by atoms with Gasteiger partial charge in [0, 0.05) is 0 Å². The number of carbonyl (C=O) groups is 1. The molecular formula is C10H8BrFO2. The molecule has 0 amide bonds. The highest BCUT2D eigenvalue weighted by Crippen LogP contribution is 2.47. The second kappa shape index (κ2) is 3.35. The maximum absolute atomic E-state index is 13.1. The van der Waals surface area contributed by atoms with Gasteiger partial charge >= 0.3 is 5.97 Å². The Labute approximate surface area is 88.9 Å². The Bertz CT molecular complexity index is 392. The van der Waals surface area contributed by atoms with E-state index >= 15 is 0 Å². The summed E-state index contributed by atoms with van der Waals surface area (Å²) in [6, 6.07) is 4.78. The van der Waals surface area contributed by atoms with Gasteiger partial charge in [-0.2, -0.15) is 0 Å². The summed E-state index contributed by atoms with van der Waals surface area (Å²) in [7, 11) is 0. The van der Waals surface area contributed by atoms with E-state index in [9.17, 15) is 9.18 Å². The first-order valence-corrected chi connectivity index (χ1v) is 5.06. The molecule has 0 heterocycles. The molecule has 1 unspecified atom stereocenters. The van der Waals surface area contributed by atoms with Crippen molar-refractivity contribution in [2.24, 2.45) is 5.92 Å². The fraction of sp³-hybridized carbons (Fsp3) is 0.300. The number of carboxylic acid groups (broad SMARTS) is 1. The molecule has 2 nitrogen and oxygen atoms in total. The standard InChI is InChI=1S/C10H8BrFO2/c11-8-2-1-5(3-9(8)12)6-4-7(6)10(13)14/h1-3,6-7H,4H2,(H,13,14)/t6?,7-/m0/s1. The van der Waals surface area contributed by atoms with E-state index in [1.165, 1.54) is 6.07 Å². The number of benzene rings is 1. The SMILES string of the molecule is O=C(O)[C@H]1CC1c1ccc(Br)c(F)c1. The third-order valence-corrected chi connectivity index (χ3v) is 3.12. The molecule has 4 heteroatoms. The van der Waals surface area contributed by atoms with Gasteiger partial charge in [-0.25, -0.2) is 4.39 Å². The molecule has 0 aliphatic heterocycles. The average Bonchev–Trinajstić information content (AvgIpc) is 2.89. The highest BCUT2D eigenvalue weighted by Gasteiger charge is 2.44. The average molecular weight is 259 g/mol. The van der Waals surface area contributed by atoms with Crippen LogP contribution in [0.2, 0.25) is 0 Å². The van der Waals surface area contributed by atoms with Crippen LogP contribution in [0.5, 0.6) is 0 Å². The molecule has 0 radical (unpaired) electrons. The predicted octanol–water partition coefficient (Wildman–Crippen LogP) is 2.78. The lowest BCUT2D eigenvalue weighted by Crippen LogP contribution is -1.99. The summed E-state index contributed by atoms with van der Waals surface area (Å²) in [6.45, 7) is 0. The number of halogens is 2. The van der Waals surface area contributed by atoms with E-state index in [2.05, 4.69) is 15.9 Å². The first-order valence-electron chi connectivity index (χ1n) is 4.27. The normalized spacial score (nSPS) is 24.7. The van der Waals surface area contributed by atoms with Crippen LogP contribution in [0.15, 0.2) is 22.7 Å². The van der Waals surface area contributed by atoms with Gasteiger partial charge < -0.3 is 5.11 Å². The molecule has 1 aromatic carbocycles. The van der Waals surface area contributed by atoms with Gasteiger partial charge in [-0.3, -0.25) is 4.79 Å². The summed E-state index contributed by atoms with van der Waals surface area (Å²) in [5, 5.41) is 8.71. The maximum Gasteiger partial charge on any atom is 0.307 e. The zero-order valence-electron chi connectivity index (χ0n) is 7.21. The van der Waals surface area contributed by atoms with Crippen LogP contribution in [0.4, 0.5) is 4.39 Å². The number of aliphatic carboxylic acids is 1. The van der Waals surface area contributed by atoms with Crippen LogP contribution >= 0.6 is 15.9 Å². The summed E-state index contributed by atoms with van der Waals surface area (Å²) in [6.07, 6.45) is 0.621. The van der Waals surface area contributed by atoms with Crippen molar-refractivity contribution in [1.82, 2.24) is 0 Å². The zero-order chi connectivity index (χ0) is 10.3. The first-order chi connectivity index (χ1) is 6.59. The van der Waals surface area contributed by atoms with Crippen molar-refractivity contribution in [2.75, 3.05) is 0 Å². The lowest BCUT2D eigenvalue weighted by atomic mass is 10.1. The van der Waals surface area contributed by atoms with Crippen LogP contribution in [-0.4, -0.2) is 11.1 Å². The Kier molecular flexibility index (Phi) is 2.31. The summed E-state index contributed by atoms with van der Waals surface area (Å²) in [5.41, 5.74) is 0.776. The van der Waals surface area contributed by atoms with E-state index in [0.29, 0.717) is 10.9 Å². The second-order valence-corrected chi connectivity index (χ2v) is 4.31. The van der Waals surface area contributed by atoms with E-state index in [1.54, 1.807) is 12.1 Å². The lowest BCUT2D eigenvalue weighted by Gasteiger charge is -2.00. The van der Waals surface area contributed by atoms with Crippen molar-refractivity contribution in [2.45, 2.75) is 12.3 Å². The summed E-state index contributed by atoms with van der Waals surface area (Å²) >= 11 is 3.05. The molecule has 2 atom stereocenters. The van der Waals surface area contributed by atoms with Crippen molar-refractivity contribution >= 4 is 21.9 Å². The van der Waals surface area contributed by atoms with Gasteiger partial charge in [-0.15, -0.1) is 0 Å². The molecular weight excluding hydrogens is 251 g/mol. The smallest absolute Gasteiger partial charge is 0.307 e. The molecule has 1 saturated carbocycles. The molecule has 0 bridgehead atoms. The lowest BCUT2D eigenvalue weighted by molar-refractivity contribution is -0.138. The number of carboxylic acids is 1. The van der Waals surface area contributed by atoms with Crippen LogP contribution in [0.25, 0.3) is 0 Å². The van der Waals surface area contributed by atoms with Crippen molar-refractivity contribution < 1.29 is 14.3 Å². The molecule has 0 aromatic heterocycles. The summed E-state index contributed by atoms with van der Waals surface area (Å²) < 4.78 is 13.5. The Morgan fingerprint density at radius 1 is 1.57 bits per heavy atom. The van der Waals surface area contributed by atoms with Crippen LogP contribution in [0.3, 0.4) is 0 Å². The highest BCUT2D eigenvalue weighted by molar-refractivity contribution is 9.10. The fourth-order valence-corrected chi connectivity index (χ4v) is 1.83. The molecule has 1 fully saturated rings. The molecule has 1 N–H and O–H groups in total. The second-order valence-electron chi connectivity index (χ2n) is 3.46. The molecule has 74 valence electrons. The fourth-order valence-electron chi connectivity index (χ4n) is 1.58. The Balaban J connectivity index is 2.20. The van der Waals surface area contributed by atoms with Crippen molar-refractivity contribution in [1.29, 1.82) is 0 Å². The van der Waals surface area contributed by atoms with Crippen LogP contribution in [0.1, 0.15) is 17.9 Å². The number of rotatable bonds is 2. The van der Waals surface area contributed by atoms with E-state index < -0.39 is 5.97 Å². The molecule has 1 aliphatic carbocycles. The Hall–Kier alpha value is -0.900. The highest BCUT2D eigenvalue weighted by atomic mass is 79.9. The van der Waals surface area contributed by atoms with Gasteiger partial charge in [-0.1, -0.05) is 6.07 Å². The molecule has 0 spiro atoms. The summed E-state index contributed by atoms with van der Waals surface area (Å²) in [5.74, 6) is -1.46. The van der Waals surface area contributed by atoms with Crippen LogP contribution in [0, 0.1) is 11.7 Å². The monoisotopic (exact) mass is 258 g/mol. The van der Waals surface area contributed by atoms with Gasteiger partial charge in [0.05, 0.1) is 10.4 Å². The molecule has 1 aliphatic rings. The van der Waals surface area contributed by atoms with Gasteiger partial charge in [0.2, 0.25) is 0 Å². The topological polar surface area (TPSA) is 37.3 Å². The molecule has 0 saturated heterocycles. The third kappa shape index (κ3) is 1.66.